The summed E-state index contributed by atoms with van der Waals surface area (Å²) in [6.45, 7) is -0.753. The SMILES string of the molecule is O=C(Nc1cccc(-c2nnc(-c3ccco3)o2)c1)c1ccccc1OCCF. The van der Waals surface area contributed by atoms with E-state index in [1.807, 2.05) is 0 Å². The molecule has 0 spiro atoms. The highest BCUT2D eigenvalue weighted by molar-refractivity contribution is 6.06. The van der Waals surface area contributed by atoms with Gasteiger partial charge in [-0.3, -0.25) is 4.79 Å². The summed E-state index contributed by atoms with van der Waals surface area (Å²) in [5.41, 5.74) is 1.48. The van der Waals surface area contributed by atoms with Gasteiger partial charge in [-0.2, -0.15) is 0 Å². The summed E-state index contributed by atoms with van der Waals surface area (Å²) in [6.07, 6.45) is 1.52. The molecule has 0 unspecified atom stereocenters. The van der Waals surface area contributed by atoms with Crippen LogP contribution in [-0.4, -0.2) is 29.4 Å². The van der Waals surface area contributed by atoms with Crippen molar-refractivity contribution >= 4 is 11.6 Å². The van der Waals surface area contributed by atoms with E-state index in [0.29, 0.717) is 34.2 Å². The van der Waals surface area contributed by atoms with Gasteiger partial charge in [0.15, 0.2) is 5.76 Å². The zero-order valence-corrected chi connectivity index (χ0v) is 15.2. The fourth-order valence-electron chi connectivity index (χ4n) is 2.70. The molecule has 8 heteroatoms. The van der Waals surface area contributed by atoms with Crippen molar-refractivity contribution < 1.29 is 22.8 Å². The maximum absolute atomic E-state index is 12.7. The maximum atomic E-state index is 12.7. The van der Waals surface area contributed by atoms with Crippen LogP contribution in [0.15, 0.2) is 75.8 Å². The second kappa shape index (κ2) is 8.39. The van der Waals surface area contributed by atoms with Crippen LogP contribution in [0.1, 0.15) is 10.4 Å². The van der Waals surface area contributed by atoms with Gasteiger partial charge in [0.25, 0.3) is 11.8 Å². The molecule has 1 N–H and O–H groups in total. The monoisotopic (exact) mass is 393 g/mol. The van der Waals surface area contributed by atoms with Gasteiger partial charge >= 0.3 is 0 Å². The van der Waals surface area contributed by atoms with Crippen LogP contribution in [0.5, 0.6) is 5.75 Å². The molecule has 146 valence electrons. The average molecular weight is 393 g/mol. The van der Waals surface area contributed by atoms with Crippen LogP contribution >= 0.6 is 0 Å². The lowest BCUT2D eigenvalue weighted by molar-refractivity contribution is 0.102. The topological polar surface area (TPSA) is 90.4 Å². The molecule has 2 aromatic heterocycles. The van der Waals surface area contributed by atoms with Crippen molar-refractivity contribution in [1.29, 1.82) is 0 Å². The van der Waals surface area contributed by atoms with E-state index in [4.69, 9.17) is 13.6 Å². The Labute approximate surface area is 165 Å². The number of carbonyl (C=O) groups is 1. The largest absolute Gasteiger partial charge is 0.490 e. The first-order valence-corrected chi connectivity index (χ1v) is 8.81. The number of aromatic nitrogens is 2. The minimum atomic E-state index is -0.637. The van der Waals surface area contributed by atoms with E-state index >= 15 is 0 Å². The van der Waals surface area contributed by atoms with Crippen LogP contribution in [-0.2, 0) is 0 Å². The van der Waals surface area contributed by atoms with E-state index in [2.05, 4.69) is 15.5 Å². The van der Waals surface area contributed by atoms with Crippen molar-refractivity contribution in [2.45, 2.75) is 0 Å². The van der Waals surface area contributed by atoms with Crippen molar-refractivity contribution in [3.63, 3.8) is 0 Å². The molecule has 2 heterocycles. The number of carbonyl (C=O) groups excluding carboxylic acids is 1. The normalized spacial score (nSPS) is 10.7. The summed E-state index contributed by atoms with van der Waals surface area (Å²) in [4.78, 5) is 12.7. The second-order valence-electron chi connectivity index (χ2n) is 5.96. The number of ether oxygens (including phenoxy) is 1. The van der Waals surface area contributed by atoms with E-state index in [0.717, 1.165) is 0 Å². The molecule has 0 aliphatic rings. The molecule has 7 nitrogen and oxygen atoms in total. The molecule has 4 aromatic rings. The fourth-order valence-corrected chi connectivity index (χ4v) is 2.70. The van der Waals surface area contributed by atoms with Gasteiger partial charge in [-0.25, -0.2) is 4.39 Å². The molecule has 0 radical (unpaired) electrons. The third-order valence-corrected chi connectivity index (χ3v) is 3.99. The van der Waals surface area contributed by atoms with Crippen molar-refractivity contribution in [1.82, 2.24) is 10.2 Å². The van der Waals surface area contributed by atoms with Gasteiger partial charge in [0.2, 0.25) is 5.89 Å². The lowest BCUT2D eigenvalue weighted by atomic mass is 10.1. The summed E-state index contributed by atoms with van der Waals surface area (Å²) in [5, 5.41) is 10.8. The predicted octanol–water partition coefficient (Wildman–Crippen LogP) is 4.60. The number of nitrogens with zero attached hydrogens (tertiary/aromatic N) is 2. The highest BCUT2D eigenvalue weighted by atomic mass is 19.1. The number of hydrogen-bond donors (Lipinski definition) is 1. The van der Waals surface area contributed by atoms with Crippen molar-refractivity contribution in [2.24, 2.45) is 0 Å². The number of halogens is 1. The predicted molar refractivity (Wildman–Crippen MR) is 103 cm³/mol. The number of para-hydroxylation sites is 1. The van der Waals surface area contributed by atoms with Crippen LogP contribution in [0.3, 0.4) is 0 Å². The number of rotatable bonds is 7. The minimum absolute atomic E-state index is 0.116. The van der Waals surface area contributed by atoms with E-state index < -0.39 is 6.67 Å². The molecule has 0 fully saturated rings. The smallest absolute Gasteiger partial charge is 0.283 e. The highest BCUT2D eigenvalue weighted by Crippen LogP contribution is 2.26. The standard InChI is InChI=1S/C21H16FN3O4/c22-10-12-28-17-8-2-1-7-16(17)19(26)23-15-6-3-5-14(13-15)20-24-25-21(29-20)18-9-4-11-27-18/h1-9,11,13H,10,12H2,(H,23,26). The lowest BCUT2D eigenvalue weighted by Crippen LogP contribution is -2.14. The maximum Gasteiger partial charge on any atom is 0.283 e. The second-order valence-corrected chi connectivity index (χ2v) is 5.96. The van der Waals surface area contributed by atoms with Crippen LogP contribution in [0.25, 0.3) is 23.1 Å². The van der Waals surface area contributed by atoms with Crippen molar-refractivity contribution in [3.8, 4) is 28.9 Å². The molecular formula is C21H16FN3O4. The number of furan rings is 1. The van der Waals surface area contributed by atoms with Gasteiger partial charge in [-0.15, -0.1) is 10.2 Å². The molecule has 1 amide bonds. The van der Waals surface area contributed by atoms with Gasteiger partial charge in [0, 0.05) is 11.3 Å². The highest BCUT2D eigenvalue weighted by Gasteiger charge is 2.15. The molecule has 0 atom stereocenters. The minimum Gasteiger partial charge on any atom is -0.490 e. The Kier molecular flexibility index (Phi) is 5.33. The molecule has 4 rings (SSSR count). The number of hydrogen-bond acceptors (Lipinski definition) is 6. The van der Waals surface area contributed by atoms with Crippen LogP contribution in [0, 0.1) is 0 Å². The van der Waals surface area contributed by atoms with E-state index in [1.165, 1.54) is 6.26 Å². The average Bonchev–Trinajstić information content (AvgIpc) is 3.44. The van der Waals surface area contributed by atoms with Crippen molar-refractivity contribution in [2.75, 3.05) is 18.6 Å². The Hall–Kier alpha value is -3.94. The zero-order chi connectivity index (χ0) is 20.1. The van der Waals surface area contributed by atoms with Gasteiger partial charge in [0.1, 0.15) is 19.0 Å². The number of nitrogens with one attached hydrogen (secondary N) is 1. The Bertz CT molecular complexity index is 1110. The molecule has 0 saturated heterocycles. The van der Waals surface area contributed by atoms with Crippen molar-refractivity contribution in [3.05, 3.63) is 72.5 Å². The van der Waals surface area contributed by atoms with Crippen LogP contribution in [0.4, 0.5) is 10.1 Å². The molecule has 29 heavy (non-hydrogen) atoms. The first kappa shape index (κ1) is 18.4. The molecule has 0 aliphatic carbocycles. The van der Waals surface area contributed by atoms with Gasteiger partial charge in [-0.1, -0.05) is 18.2 Å². The molecule has 0 bridgehead atoms. The molecule has 0 aliphatic heterocycles. The zero-order valence-electron chi connectivity index (χ0n) is 15.2. The van der Waals surface area contributed by atoms with Gasteiger partial charge in [-0.05, 0) is 42.5 Å². The summed E-state index contributed by atoms with van der Waals surface area (Å²) in [5.74, 6) is 0.966. The van der Waals surface area contributed by atoms with E-state index in [-0.39, 0.29) is 18.4 Å². The molecule has 2 aromatic carbocycles. The Balaban J connectivity index is 1.53. The molecule has 0 saturated carbocycles. The Morgan fingerprint density at radius 2 is 1.90 bits per heavy atom. The summed E-state index contributed by atoms with van der Waals surface area (Å²) >= 11 is 0. The lowest BCUT2D eigenvalue weighted by Gasteiger charge is -2.11. The Morgan fingerprint density at radius 1 is 1.03 bits per heavy atom. The summed E-state index contributed by atoms with van der Waals surface area (Å²) in [7, 11) is 0. The van der Waals surface area contributed by atoms with Crippen LogP contribution < -0.4 is 10.1 Å². The summed E-state index contributed by atoms with van der Waals surface area (Å²) < 4.78 is 28.6. The van der Waals surface area contributed by atoms with Gasteiger partial charge in [0.05, 0.1) is 11.8 Å². The summed E-state index contributed by atoms with van der Waals surface area (Å²) in [6, 6.07) is 17.1. The van der Waals surface area contributed by atoms with Gasteiger partial charge < -0.3 is 18.9 Å². The number of amides is 1. The first-order valence-electron chi connectivity index (χ1n) is 8.81. The number of benzene rings is 2. The molecular weight excluding hydrogens is 377 g/mol. The van der Waals surface area contributed by atoms with E-state index in [9.17, 15) is 9.18 Å². The number of alkyl halides is 1. The third-order valence-electron chi connectivity index (χ3n) is 3.99. The van der Waals surface area contributed by atoms with Crippen LogP contribution in [0.2, 0.25) is 0 Å². The van der Waals surface area contributed by atoms with E-state index in [1.54, 1.807) is 60.7 Å². The Morgan fingerprint density at radius 3 is 2.72 bits per heavy atom. The fraction of sp³-hybridized carbons (Fsp3) is 0.0952. The first-order chi connectivity index (χ1) is 14.2. The third kappa shape index (κ3) is 4.16. The quantitative estimate of drug-likeness (QED) is 0.494. The number of anilines is 1.